The van der Waals surface area contributed by atoms with E-state index in [4.69, 9.17) is 14.0 Å². The van der Waals surface area contributed by atoms with Crippen LogP contribution >= 0.6 is 0 Å². The van der Waals surface area contributed by atoms with Crippen molar-refractivity contribution in [3.63, 3.8) is 0 Å². The van der Waals surface area contributed by atoms with Crippen LogP contribution in [0.3, 0.4) is 0 Å². The highest BCUT2D eigenvalue weighted by Crippen LogP contribution is 2.34. The molecule has 0 saturated carbocycles. The van der Waals surface area contributed by atoms with Crippen molar-refractivity contribution in [2.75, 3.05) is 26.3 Å². The number of carbonyl (C=O) groups is 1. The largest absolute Gasteiger partial charge is 0.347 e. The minimum absolute atomic E-state index is 0.123. The van der Waals surface area contributed by atoms with Crippen molar-refractivity contribution in [1.82, 2.24) is 20.4 Å². The molecule has 1 aromatic rings. The van der Waals surface area contributed by atoms with Gasteiger partial charge in [0.2, 0.25) is 5.89 Å². The number of urea groups is 1. The number of likely N-dealkylation sites (tertiary alicyclic amines) is 1. The molecule has 3 heterocycles. The van der Waals surface area contributed by atoms with Crippen molar-refractivity contribution in [3.8, 4) is 0 Å². The van der Waals surface area contributed by atoms with E-state index in [2.05, 4.69) is 15.5 Å². The third kappa shape index (κ3) is 3.22. The van der Waals surface area contributed by atoms with Gasteiger partial charge in [0.05, 0.1) is 19.8 Å². The Morgan fingerprint density at radius 3 is 2.91 bits per heavy atom. The van der Waals surface area contributed by atoms with E-state index in [0.29, 0.717) is 31.5 Å². The molecule has 0 aromatic carbocycles. The van der Waals surface area contributed by atoms with Crippen molar-refractivity contribution in [2.45, 2.75) is 39.0 Å². The predicted octanol–water partition coefficient (Wildman–Crippen LogP) is 1.06. The Balaban J connectivity index is 1.53. The first-order valence-corrected chi connectivity index (χ1v) is 7.67. The van der Waals surface area contributed by atoms with Gasteiger partial charge in [-0.3, -0.25) is 0 Å². The highest BCUT2D eigenvalue weighted by molar-refractivity contribution is 5.74. The maximum atomic E-state index is 12.3. The normalized spacial score (nSPS) is 24.5. The van der Waals surface area contributed by atoms with Crippen LogP contribution in [0.15, 0.2) is 4.52 Å². The summed E-state index contributed by atoms with van der Waals surface area (Å²) in [4.78, 5) is 18.2. The van der Waals surface area contributed by atoms with E-state index in [9.17, 15) is 4.79 Å². The molecule has 2 aliphatic rings. The Bertz CT molecular complexity index is 527. The van der Waals surface area contributed by atoms with Crippen LogP contribution in [0.2, 0.25) is 0 Å². The second-order valence-corrected chi connectivity index (χ2v) is 5.89. The summed E-state index contributed by atoms with van der Waals surface area (Å²) in [7, 11) is 0. The van der Waals surface area contributed by atoms with Gasteiger partial charge < -0.3 is 24.2 Å². The maximum Gasteiger partial charge on any atom is 0.317 e. The fraction of sp³-hybridized carbons (Fsp3) is 0.786. The number of piperidine rings is 1. The zero-order chi connectivity index (χ0) is 15.6. The molecular weight excluding hydrogens is 288 g/mol. The lowest BCUT2D eigenvalue weighted by atomic mass is 9.90. The molecule has 3 rings (SSSR count). The summed E-state index contributed by atoms with van der Waals surface area (Å²) in [6, 6.07) is -0.123. The number of rotatable bonds is 3. The number of ether oxygens (including phenoxy) is 2. The van der Waals surface area contributed by atoms with Gasteiger partial charge in [-0.05, 0) is 26.7 Å². The molecule has 122 valence electrons. The maximum absolute atomic E-state index is 12.3. The summed E-state index contributed by atoms with van der Waals surface area (Å²) in [5, 5.41) is 6.51. The molecule has 0 bridgehead atoms. The molecule has 1 aromatic heterocycles. The highest BCUT2D eigenvalue weighted by atomic mass is 16.7. The summed E-state index contributed by atoms with van der Waals surface area (Å²) in [6.07, 6.45) is 1.95. The van der Waals surface area contributed by atoms with Gasteiger partial charge in [0.25, 0.3) is 0 Å². The Kier molecular flexibility index (Phi) is 4.30. The van der Waals surface area contributed by atoms with Gasteiger partial charge in [0.1, 0.15) is 0 Å². The van der Waals surface area contributed by atoms with E-state index in [0.717, 1.165) is 19.4 Å². The van der Waals surface area contributed by atoms with Gasteiger partial charge in [-0.15, -0.1) is 0 Å². The highest BCUT2D eigenvalue weighted by Gasteiger charge is 2.42. The van der Waals surface area contributed by atoms with Gasteiger partial charge in [0, 0.05) is 19.0 Å². The minimum atomic E-state index is -0.567. The van der Waals surface area contributed by atoms with E-state index in [1.807, 2.05) is 6.92 Å². The summed E-state index contributed by atoms with van der Waals surface area (Å²) in [5.74, 6) is 0.599. The zero-order valence-corrected chi connectivity index (χ0v) is 13.0. The lowest BCUT2D eigenvalue weighted by Gasteiger charge is -2.39. The molecule has 22 heavy (non-hydrogen) atoms. The average Bonchev–Trinajstić information content (AvgIpc) is 3.14. The number of amides is 2. The number of aromatic nitrogens is 2. The van der Waals surface area contributed by atoms with Crippen molar-refractivity contribution >= 4 is 6.03 Å². The number of aryl methyl sites for hydroxylation is 1. The van der Waals surface area contributed by atoms with Gasteiger partial charge >= 0.3 is 6.03 Å². The van der Waals surface area contributed by atoms with Crippen LogP contribution in [0.5, 0.6) is 0 Å². The fourth-order valence-corrected chi connectivity index (χ4v) is 3.03. The lowest BCUT2D eigenvalue weighted by Crippen LogP contribution is -2.51. The quantitative estimate of drug-likeness (QED) is 0.898. The summed E-state index contributed by atoms with van der Waals surface area (Å²) in [5.41, 5.74) is 0. The van der Waals surface area contributed by atoms with Gasteiger partial charge in [-0.1, -0.05) is 5.16 Å². The summed E-state index contributed by atoms with van der Waals surface area (Å²) in [6.45, 7) is 6.56. The van der Waals surface area contributed by atoms with Crippen molar-refractivity contribution < 1.29 is 18.8 Å². The van der Waals surface area contributed by atoms with Gasteiger partial charge in [0.15, 0.2) is 11.6 Å². The second kappa shape index (κ2) is 6.21. The van der Waals surface area contributed by atoms with E-state index in [-0.39, 0.29) is 18.5 Å². The molecular formula is C14H22N4O4. The smallest absolute Gasteiger partial charge is 0.317 e. The van der Waals surface area contributed by atoms with E-state index < -0.39 is 5.79 Å². The zero-order valence-electron chi connectivity index (χ0n) is 13.0. The van der Waals surface area contributed by atoms with Crippen LogP contribution in [-0.2, 0) is 16.0 Å². The van der Waals surface area contributed by atoms with Crippen molar-refractivity contribution in [2.24, 2.45) is 5.92 Å². The molecule has 0 radical (unpaired) electrons. The van der Waals surface area contributed by atoms with Crippen molar-refractivity contribution in [3.05, 3.63) is 11.7 Å². The second-order valence-electron chi connectivity index (χ2n) is 5.89. The average molecular weight is 310 g/mol. The number of hydrogen-bond acceptors (Lipinski definition) is 6. The lowest BCUT2D eigenvalue weighted by molar-refractivity contribution is -0.189. The van der Waals surface area contributed by atoms with E-state index in [1.165, 1.54) is 0 Å². The Morgan fingerprint density at radius 1 is 1.45 bits per heavy atom. The van der Waals surface area contributed by atoms with Crippen LogP contribution < -0.4 is 5.32 Å². The third-order valence-electron chi connectivity index (χ3n) is 4.27. The summed E-state index contributed by atoms with van der Waals surface area (Å²) < 4.78 is 16.4. The van der Waals surface area contributed by atoms with Crippen molar-refractivity contribution in [1.29, 1.82) is 0 Å². The van der Waals surface area contributed by atoms with Crippen LogP contribution in [0.1, 0.15) is 31.5 Å². The van der Waals surface area contributed by atoms with E-state index in [1.54, 1.807) is 11.8 Å². The number of carbonyl (C=O) groups excluding carboxylic acids is 1. The standard InChI is InChI=1S/C14H22N4O4/c1-10-16-12(22-17-10)8-15-13(19)18-5-3-4-11(9-18)14(2)20-6-7-21-14/h11H,3-9H2,1-2H3,(H,15,19)/t11-/m0/s1. The third-order valence-corrected chi connectivity index (χ3v) is 4.27. The SMILES string of the molecule is Cc1noc(CNC(=O)N2CCC[C@H](C3(C)OCCO3)C2)n1. The molecule has 1 N–H and O–H groups in total. The molecule has 0 spiro atoms. The predicted molar refractivity (Wildman–Crippen MR) is 75.9 cm³/mol. The fourth-order valence-electron chi connectivity index (χ4n) is 3.03. The molecule has 2 amide bonds. The molecule has 2 fully saturated rings. The first-order valence-electron chi connectivity index (χ1n) is 7.67. The van der Waals surface area contributed by atoms with Crippen LogP contribution in [0.25, 0.3) is 0 Å². The van der Waals surface area contributed by atoms with Crippen LogP contribution in [0, 0.1) is 12.8 Å². The molecule has 2 saturated heterocycles. The number of nitrogens with zero attached hydrogens (tertiary/aromatic N) is 3. The van der Waals surface area contributed by atoms with Crippen LogP contribution in [0.4, 0.5) is 4.79 Å². The summed E-state index contributed by atoms with van der Waals surface area (Å²) >= 11 is 0. The molecule has 1 atom stereocenters. The van der Waals surface area contributed by atoms with E-state index >= 15 is 0 Å². The first kappa shape index (κ1) is 15.2. The molecule has 2 aliphatic heterocycles. The Labute approximate surface area is 129 Å². The number of hydrogen-bond donors (Lipinski definition) is 1. The van der Waals surface area contributed by atoms with Gasteiger partial charge in [-0.25, -0.2) is 4.79 Å². The molecule has 8 heteroatoms. The molecule has 0 aliphatic carbocycles. The molecule has 8 nitrogen and oxygen atoms in total. The monoisotopic (exact) mass is 310 g/mol. The number of nitrogens with one attached hydrogen (secondary N) is 1. The van der Waals surface area contributed by atoms with Gasteiger partial charge in [-0.2, -0.15) is 4.98 Å². The topological polar surface area (TPSA) is 89.7 Å². The minimum Gasteiger partial charge on any atom is -0.347 e. The Hall–Kier alpha value is -1.67. The molecule has 0 unspecified atom stereocenters. The van der Waals surface area contributed by atoms with Crippen LogP contribution in [-0.4, -0.2) is 53.2 Å². The first-order chi connectivity index (χ1) is 10.6. The Morgan fingerprint density at radius 2 is 2.23 bits per heavy atom.